The Morgan fingerprint density at radius 2 is 2.00 bits per heavy atom. The standard InChI is InChI=1S/C17H16N2O3S/c20-13(15-9-12-5-1-2-6-14(12)23-15)10-18-16(21)11-19-8-4-3-7-17(19)22/h1-9,13,20H,10-11H2,(H,18,21). The highest BCUT2D eigenvalue weighted by atomic mass is 32.1. The molecule has 0 aliphatic heterocycles. The van der Waals surface area contributed by atoms with E-state index in [2.05, 4.69) is 5.32 Å². The summed E-state index contributed by atoms with van der Waals surface area (Å²) < 4.78 is 2.42. The average Bonchev–Trinajstić information content (AvgIpc) is 2.99. The van der Waals surface area contributed by atoms with Gasteiger partial charge < -0.3 is 15.0 Å². The summed E-state index contributed by atoms with van der Waals surface area (Å²) in [4.78, 5) is 24.3. The number of rotatable bonds is 5. The van der Waals surface area contributed by atoms with Gasteiger partial charge in [-0.25, -0.2) is 0 Å². The van der Waals surface area contributed by atoms with Crippen LogP contribution in [0, 0.1) is 0 Å². The second-order valence-electron chi connectivity index (χ2n) is 5.17. The molecular formula is C17H16N2O3S. The van der Waals surface area contributed by atoms with Crippen LogP contribution < -0.4 is 10.9 Å². The van der Waals surface area contributed by atoms with E-state index in [-0.39, 0.29) is 24.6 Å². The van der Waals surface area contributed by atoms with Crippen molar-refractivity contribution in [3.63, 3.8) is 0 Å². The van der Waals surface area contributed by atoms with E-state index in [1.165, 1.54) is 22.0 Å². The summed E-state index contributed by atoms with van der Waals surface area (Å²) in [7, 11) is 0. The molecule has 1 unspecified atom stereocenters. The van der Waals surface area contributed by atoms with Crippen molar-refractivity contribution in [3.8, 4) is 0 Å². The van der Waals surface area contributed by atoms with Gasteiger partial charge in [-0.05, 0) is 23.6 Å². The van der Waals surface area contributed by atoms with E-state index in [0.717, 1.165) is 15.0 Å². The minimum absolute atomic E-state index is 0.0567. The van der Waals surface area contributed by atoms with E-state index < -0.39 is 6.10 Å². The third-order valence-corrected chi connectivity index (χ3v) is 4.70. The summed E-state index contributed by atoms with van der Waals surface area (Å²) in [6, 6.07) is 14.5. The maximum Gasteiger partial charge on any atom is 0.250 e. The quantitative estimate of drug-likeness (QED) is 0.751. The number of benzene rings is 1. The number of pyridine rings is 1. The van der Waals surface area contributed by atoms with Crippen molar-refractivity contribution in [1.29, 1.82) is 0 Å². The SMILES string of the molecule is O=C(Cn1ccccc1=O)NCC(O)c1cc2ccccc2s1. The molecule has 0 fully saturated rings. The minimum Gasteiger partial charge on any atom is -0.386 e. The summed E-state index contributed by atoms with van der Waals surface area (Å²) >= 11 is 1.51. The van der Waals surface area contributed by atoms with Gasteiger partial charge in [0.15, 0.2) is 0 Å². The Morgan fingerprint density at radius 3 is 2.78 bits per heavy atom. The zero-order valence-corrected chi connectivity index (χ0v) is 13.1. The predicted molar refractivity (Wildman–Crippen MR) is 90.5 cm³/mol. The number of thiophene rings is 1. The fraction of sp³-hybridized carbons (Fsp3) is 0.176. The molecule has 0 bridgehead atoms. The lowest BCUT2D eigenvalue weighted by molar-refractivity contribution is -0.122. The molecule has 6 heteroatoms. The molecule has 1 aromatic carbocycles. The molecule has 2 N–H and O–H groups in total. The number of aliphatic hydroxyl groups is 1. The predicted octanol–water partition coefficient (Wildman–Crippen LogP) is 1.91. The van der Waals surface area contributed by atoms with Gasteiger partial charge in [-0.1, -0.05) is 24.3 Å². The van der Waals surface area contributed by atoms with Gasteiger partial charge in [0.05, 0.1) is 0 Å². The Labute approximate surface area is 136 Å². The van der Waals surface area contributed by atoms with Gasteiger partial charge in [0, 0.05) is 28.4 Å². The van der Waals surface area contributed by atoms with Gasteiger partial charge in [-0.3, -0.25) is 9.59 Å². The number of aromatic nitrogens is 1. The van der Waals surface area contributed by atoms with Crippen molar-refractivity contribution in [3.05, 3.63) is 70.0 Å². The molecule has 1 atom stereocenters. The topological polar surface area (TPSA) is 71.3 Å². The molecule has 0 aliphatic carbocycles. The zero-order chi connectivity index (χ0) is 16.2. The van der Waals surface area contributed by atoms with Gasteiger partial charge >= 0.3 is 0 Å². The highest BCUT2D eigenvalue weighted by molar-refractivity contribution is 7.19. The largest absolute Gasteiger partial charge is 0.386 e. The molecule has 0 radical (unpaired) electrons. The lowest BCUT2D eigenvalue weighted by Gasteiger charge is -2.11. The molecule has 2 aromatic heterocycles. The van der Waals surface area contributed by atoms with E-state index in [0.29, 0.717) is 0 Å². The summed E-state index contributed by atoms with van der Waals surface area (Å²) in [5.41, 5.74) is -0.229. The van der Waals surface area contributed by atoms with E-state index >= 15 is 0 Å². The number of aliphatic hydroxyl groups excluding tert-OH is 1. The number of carbonyl (C=O) groups is 1. The van der Waals surface area contributed by atoms with Crippen molar-refractivity contribution >= 4 is 27.3 Å². The van der Waals surface area contributed by atoms with Crippen LogP contribution >= 0.6 is 11.3 Å². The maximum absolute atomic E-state index is 11.9. The van der Waals surface area contributed by atoms with Crippen LogP contribution in [-0.2, 0) is 11.3 Å². The van der Waals surface area contributed by atoms with Crippen LogP contribution in [-0.4, -0.2) is 22.1 Å². The number of amides is 1. The second kappa shape index (κ2) is 6.76. The maximum atomic E-state index is 11.9. The number of hydrogen-bond acceptors (Lipinski definition) is 4. The monoisotopic (exact) mass is 328 g/mol. The molecule has 0 saturated carbocycles. The van der Waals surface area contributed by atoms with Crippen LogP contribution in [0.3, 0.4) is 0 Å². The number of nitrogens with zero attached hydrogens (tertiary/aromatic N) is 1. The summed E-state index contributed by atoms with van der Waals surface area (Å²) in [5.74, 6) is -0.307. The third kappa shape index (κ3) is 3.67. The van der Waals surface area contributed by atoms with Gasteiger partial charge in [0.25, 0.3) is 5.56 Å². The van der Waals surface area contributed by atoms with Crippen molar-refractivity contribution in [2.45, 2.75) is 12.6 Å². The summed E-state index contributed by atoms with van der Waals surface area (Å²) in [6.07, 6.45) is 0.800. The first kappa shape index (κ1) is 15.5. The van der Waals surface area contributed by atoms with E-state index in [1.54, 1.807) is 18.3 Å². The van der Waals surface area contributed by atoms with E-state index in [9.17, 15) is 14.7 Å². The molecule has 5 nitrogen and oxygen atoms in total. The smallest absolute Gasteiger partial charge is 0.250 e. The first-order valence-electron chi connectivity index (χ1n) is 7.22. The molecule has 23 heavy (non-hydrogen) atoms. The van der Waals surface area contributed by atoms with Crippen LogP contribution in [0.2, 0.25) is 0 Å². The average molecular weight is 328 g/mol. The molecule has 2 heterocycles. The molecule has 0 aliphatic rings. The Kier molecular flexibility index (Phi) is 4.55. The summed E-state index contributed by atoms with van der Waals surface area (Å²) in [6.45, 7) is 0.0616. The van der Waals surface area contributed by atoms with Gasteiger partial charge in [0.1, 0.15) is 12.6 Å². The fourth-order valence-electron chi connectivity index (χ4n) is 2.28. The number of nitrogens with one attached hydrogen (secondary N) is 1. The van der Waals surface area contributed by atoms with E-state index in [1.807, 2.05) is 30.3 Å². The van der Waals surface area contributed by atoms with Crippen LogP contribution in [0.15, 0.2) is 59.5 Å². The van der Waals surface area contributed by atoms with Gasteiger partial charge in [0.2, 0.25) is 5.91 Å². The van der Waals surface area contributed by atoms with Crippen molar-refractivity contribution in [2.24, 2.45) is 0 Å². The molecule has 3 aromatic rings. The fourth-order valence-corrected chi connectivity index (χ4v) is 3.33. The van der Waals surface area contributed by atoms with Crippen LogP contribution in [0.1, 0.15) is 11.0 Å². The first-order valence-corrected chi connectivity index (χ1v) is 8.04. The van der Waals surface area contributed by atoms with Crippen molar-refractivity contribution in [2.75, 3.05) is 6.54 Å². The molecule has 0 saturated heterocycles. The number of hydrogen-bond donors (Lipinski definition) is 2. The second-order valence-corrected chi connectivity index (χ2v) is 6.29. The lowest BCUT2D eigenvalue weighted by atomic mass is 10.2. The zero-order valence-electron chi connectivity index (χ0n) is 12.3. The highest BCUT2D eigenvalue weighted by Gasteiger charge is 2.13. The van der Waals surface area contributed by atoms with E-state index in [4.69, 9.17) is 0 Å². The summed E-state index contributed by atoms with van der Waals surface area (Å²) in [5, 5.41) is 14.0. The Bertz CT molecular complexity index is 851. The van der Waals surface area contributed by atoms with Crippen molar-refractivity contribution < 1.29 is 9.90 Å². The third-order valence-electron chi connectivity index (χ3n) is 3.48. The van der Waals surface area contributed by atoms with Gasteiger partial charge in [-0.2, -0.15) is 0 Å². The Morgan fingerprint density at radius 1 is 1.22 bits per heavy atom. The lowest BCUT2D eigenvalue weighted by Crippen LogP contribution is -2.34. The number of carbonyl (C=O) groups excluding carboxylic acids is 1. The molecular weight excluding hydrogens is 312 g/mol. The van der Waals surface area contributed by atoms with Gasteiger partial charge in [-0.15, -0.1) is 11.3 Å². The Balaban J connectivity index is 1.60. The minimum atomic E-state index is -0.760. The normalized spacial score (nSPS) is 12.2. The molecule has 1 amide bonds. The first-order chi connectivity index (χ1) is 11.1. The van der Waals surface area contributed by atoms with Crippen molar-refractivity contribution in [1.82, 2.24) is 9.88 Å². The molecule has 3 rings (SSSR count). The molecule has 0 spiro atoms. The van der Waals surface area contributed by atoms with Crippen LogP contribution in [0.4, 0.5) is 0 Å². The Hall–Kier alpha value is -2.44. The van der Waals surface area contributed by atoms with Crippen LogP contribution in [0.5, 0.6) is 0 Å². The van der Waals surface area contributed by atoms with Crippen LogP contribution in [0.25, 0.3) is 10.1 Å². The highest BCUT2D eigenvalue weighted by Crippen LogP contribution is 2.29. The molecule has 118 valence electrons. The number of fused-ring (bicyclic) bond motifs is 1.